The summed E-state index contributed by atoms with van der Waals surface area (Å²) >= 11 is 0. The van der Waals surface area contributed by atoms with Gasteiger partial charge >= 0.3 is 0 Å². The van der Waals surface area contributed by atoms with Crippen molar-refractivity contribution in [3.05, 3.63) is 33.9 Å². The largest absolute Gasteiger partial charge is 0.366 e. The summed E-state index contributed by atoms with van der Waals surface area (Å²) in [5.74, 6) is 0.326. The van der Waals surface area contributed by atoms with Crippen molar-refractivity contribution < 1.29 is 9.72 Å². The van der Waals surface area contributed by atoms with Crippen molar-refractivity contribution in [3.63, 3.8) is 0 Å². The predicted octanol–water partition coefficient (Wildman–Crippen LogP) is 3.50. The number of carbonyl (C=O) groups is 1. The minimum Gasteiger partial charge on any atom is -0.366 e. The molecule has 2 fully saturated rings. The monoisotopic (exact) mass is 331 g/mol. The highest BCUT2D eigenvalue weighted by molar-refractivity contribution is 5.96. The third kappa shape index (κ3) is 3.68. The van der Waals surface area contributed by atoms with Crippen LogP contribution < -0.4 is 10.2 Å². The van der Waals surface area contributed by atoms with Crippen LogP contribution >= 0.6 is 0 Å². The predicted molar refractivity (Wildman–Crippen MR) is 93.4 cm³/mol. The Morgan fingerprint density at radius 1 is 1.25 bits per heavy atom. The molecule has 1 aliphatic heterocycles. The van der Waals surface area contributed by atoms with Gasteiger partial charge in [0.05, 0.1) is 4.92 Å². The molecule has 0 unspecified atom stereocenters. The molecular weight excluding hydrogens is 306 g/mol. The number of hydrogen-bond donors (Lipinski definition) is 1. The second kappa shape index (κ2) is 7.20. The zero-order valence-electron chi connectivity index (χ0n) is 14.2. The number of carbonyl (C=O) groups excluding carboxylic acids is 1. The maximum absolute atomic E-state index is 12.4. The Morgan fingerprint density at radius 2 is 2.00 bits per heavy atom. The first kappa shape index (κ1) is 16.7. The Hall–Kier alpha value is -2.11. The summed E-state index contributed by atoms with van der Waals surface area (Å²) in [6.45, 7) is 3.83. The zero-order chi connectivity index (χ0) is 17.1. The molecule has 1 atom stereocenters. The maximum atomic E-state index is 12.4. The fraction of sp³-hybridized carbons (Fsp3) is 0.611. The standard InChI is InChI=1S/C18H25N3O3/c1-13-5-4-10-20(12-13)16-9-8-14(11-17(16)21(23)24)18(22)19-15-6-2-3-7-15/h8-9,11,13,15H,2-7,10,12H2,1H3,(H,19,22)/t13-/m1/s1. The van der Waals surface area contributed by atoms with Crippen LogP contribution in [0.25, 0.3) is 0 Å². The van der Waals surface area contributed by atoms with Crippen molar-refractivity contribution >= 4 is 17.3 Å². The number of nitro benzene ring substituents is 1. The molecule has 3 rings (SSSR count). The van der Waals surface area contributed by atoms with E-state index in [0.717, 1.165) is 51.6 Å². The molecule has 0 bridgehead atoms. The van der Waals surface area contributed by atoms with Crippen LogP contribution in [0.4, 0.5) is 11.4 Å². The quantitative estimate of drug-likeness (QED) is 0.677. The van der Waals surface area contributed by atoms with Gasteiger partial charge in [0.1, 0.15) is 5.69 Å². The van der Waals surface area contributed by atoms with Crippen LogP contribution in [0.2, 0.25) is 0 Å². The summed E-state index contributed by atoms with van der Waals surface area (Å²) in [5.41, 5.74) is 1.04. The minimum atomic E-state index is -0.374. The van der Waals surface area contributed by atoms with Crippen LogP contribution in [0.3, 0.4) is 0 Å². The van der Waals surface area contributed by atoms with Gasteiger partial charge in [0.2, 0.25) is 0 Å². The number of nitrogens with zero attached hydrogens (tertiary/aromatic N) is 2. The van der Waals surface area contributed by atoms with Gasteiger partial charge in [0.15, 0.2) is 0 Å². The molecule has 6 nitrogen and oxygen atoms in total. The molecule has 0 spiro atoms. The van der Waals surface area contributed by atoms with Crippen molar-refractivity contribution in [2.24, 2.45) is 5.92 Å². The SMILES string of the molecule is C[C@@H]1CCCN(c2ccc(C(=O)NC3CCCC3)cc2[N+](=O)[O-])C1. The first-order chi connectivity index (χ1) is 11.5. The van der Waals surface area contributed by atoms with Crippen LogP contribution in [0.1, 0.15) is 55.8 Å². The first-order valence-corrected chi connectivity index (χ1v) is 8.89. The summed E-state index contributed by atoms with van der Waals surface area (Å²) < 4.78 is 0. The Balaban J connectivity index is 1.81. The van der Waals surface area contributed by atoms with Crippen molar-refractivity contribution in [2.45, 2.75) is 51.5 Å². The average Bonchev–Trinajstić information content (AvgIpc) is 3.07. The van der Waals surface area contributed by atoms with Crippen LogP contribution in [-0.2, 0) is 0 Å². The zero-order valence-corrected chi connectivity index (χ0v) is 14.2. The lowest BCUT2D eigenvalue weighted by molar-refractivity contribution is -0.384. The molecule has 130 valence electrons. The molecule has 1 amide bonds. The second-order valence-corrected chi connectivity index (χ2v) is 7.11. The molecule has 1 saturated carbocycles. The molecule has 2 aliphatic rings. The molecule has 1 aromatic rings. The van der Waals surface area contributed by atoms with E-state index >= 15 is 0 Å². The molecule has 0 radical (unpaired) electrons. The molecule has 24 heavy (non-hydrogen) atoms. The van der Waals surface area contributed by atoms with E-state index in [2.05, 4.69) is 17.1 Å². The Morgan fingerprint density at radius 3 is 2.67 bits per heavy atom. The van der Waals surface area contributed by atoms with Gasteiger partial charge in [-0.2, -0.15) is 0 Å². The third-order valence-electron chi connectivity index (χ3n) is 5.12. The second-order valence-electron chi connectivity index (χ2n) is 7.11. The van der Waals surface area contributed by atoms with Crippen LogP contribution in [0.5, 0.6) is 0 Å². The van der Waals surface area contributed by atoms with E-state index in [-0.39, 0.29) is 22.6 Å². The highest BCUT2D eigenvalue weighted by Gasteiger charge is 2.26. The van der Waals surface area contributed by atoms with E-state index in [0.29, 0.717) is 17.2 Å². The highest BCUT2D eigenvalue weighted by atomic mass is 16.6. The van der Waals surface area contributed by atoms with Gasteiger partial charge in [-0.15, -0.1) is 0 Å². The van der Waals surface area contributed by atoms with Crippen LogP contribution in [0, 0.1) is 16.0 Å². The van der Waals surface area contributed by atoms with Crippen LogP contribution in [0.15, 0.2) is 18.2 Å². The van der Waals surface area contributed by atoms with Crippen LogP contribution in [-0.4, -0.2) is 30.0 Å². The van der Waals surface area contributed by atoms with Gasteiger partial charge in [-0.3, -0.25) is 14.9 Å². The number of hydrogen-bond acceptors (Lipinski definition) is 4. The smallest absolute Gasteiger partial charge is 0.293 e. The summed E-state index contributed by atoms with van der Waals surface area (Å²) in [6.07, 6.45) is 6.47. The highest BCUT2D eigenvalue weighted by Crippen LogP contribution is 2.32. The van der Waals surface area contributed by atoms with Gasteiger partial charge in [-0.25, -0.2) is 0 Å². The molecular formula is C18H25N3O3. The van der Waals surface area contributed by atoms with E-state index in [9.17, 15) is 14.9 Å². The van der Waals surface area contributed by atoms with E-state index < -0.39 is 0 Å². The fourth-order valence-electron chi connectivity index (χ4n) is 3.83. The summed E-state index contributed by atoms with van der Waals surface area (Å²) in [5, 5.41) is 14.5. The average molecular weight is 331 g/mol. The Labute approximate surface area is 142 Å². The lowest BCUT2D eigenvalue weighted by Crippen LogP contribution is -2.35. The number of anilines is 1. The number of nitro groups is 1. The number of nitrogens with one attached hydrogen (secondary N) is 1. The topological polar surface area (TPSA) is 75.5 Å². The molecule has 1 aliphatic carbocycles. The molecule has 6 heteroatoms. The fourth-order valence-corrected chi connectivity index (χ4v) is 3.83. The number of piperidine rings is 1. The van der Waals surface area contributed by atoms with Gasteiger partial charge in [0.25, 0.3) is 11.6 Å². The summed E-state index contributed by atoms with van der Waals surface area (Å²) in [6, 6.07) is 5.09. The molecule has 0 aromatic heterocycles. The maximum Gasteiger partial charge on any atom is 0.293 e. The van der Waals surface area contributed by atoms with Crippen molar-refractivity contribution in [3.8, 4) is 0 Å². The normalized spacial score (nSPS) is 21.7. The van der Waals surface area contributed by atoms with Crippen molar-refractivity contribution in [2.75, 3.05) is 18.0 Å². The number of amides is 1. The first-order valence-electron chi connectivity index (χ1n) is 8.89. The van der Waals surface area contributed by atoms with Gasteiger partial charge in [0, 0.05) is 30.8 Å². The molecule has 1 heterocycles. The number of benzene rings is 1. The van der Waals surface area contributed by atoms with Crippen molar-refractivity contribution in [1.82, 2.24) is 5.32 Å². The van der Waals surface area contributed by atoms with Gasteiger partial charge in [-0.1, -0.05) is 19.8 Å². The molecule has 1 saturated heterocycles. The molecule has 1 aromatic carbocycles. The van der Waals surface area contributed by atoms with E-state index in [4.69, 9.17) is 0 Å². The Kier molecular flexibility index (Phi) is 5.02. The lowest BCUT2D eigenvalue weighted by atomic mass is 9.99. The van der Waals surface area contributed by atoms with Crippen molar-refractivity contribution in [1.29, 1.82) is 0 Å². The van der Waals surface area contributed by atoms with E-state index in [1.54, 1.807) is 12.1 Å². The Bertz CT molecular complexity index is 626. The third-order valence-corrected chi connectivity index (χ3v) is 5.12. The lowest BCUT2D eigenvalue weighted by Gasteiger charge is -2.32. The van der Waals surface area contributed by atoms with Gasteiger partial charge < -0.3 is 10.2 Å². The van der Waals surface area contributed by atoms with E-state index in [1.165, 1.54) is 6.07 Å². The summed E-state index contributed by atoms with van der Waals surface area (Å²) in [7, 11) is 0. The number of rotatable bonds is 4. The van der Waals surface area contributed by atoms with E-state index in [1.807, 2.05) is 0 Å². The van der Waals surface area contributed by atoms with Gasteiger partial charge in [-0.05, 0) is 43.7 Å². The summed E-state index contributed by atoms with van der Waals surface area (Å²) in [4.78, 5) is 25.6. The molecule has 1 N–H and O–H groups in total. The minimum absolute atomic E-state index is 0.0307.